The fraction of sp³-hybridized carbons (Fsp3) is 0.222. The van der Waals surface area contributed by atoms with Gasteiger partial charge in [-0.25, -0.2) is 9.59 Å². The van der Waals surface area contributed by atoms with Gasteiger partial charge in [0, 0.05) is 6.54 Å². The van der Waals surface area contributed by atoms with E-state index >= 15 is 4.79 Å². The number of aliphatic imine (C=N–C) groups is 1. The standard InChI is InChI=1S/C45H47N5O8/c1-31(34-19-23-37(51)24-20-34)49(41(52)28-36-16-9-10-17-39(36)35-21-25-38(56-2)26-22-35)40(18-11-27-48-43(46)47)42(53)50(44(54)57-29-32-12-5-3-6-13-32)45(55)58-30-33-14-7-4-8-15-33/h3-10,12-17,19-26,31,40,51H,11,18,27-30H2,1-2H3,(H4,46,47,48)/t31-,40+/m0/s1. The van der Waals surface area contributed by atoms with E-state index in [0.717, 1.165) is 11.1 Å². The third kappa shape index (κ3) is 11.4. The molecule has 0 fully saturated rings. The highest BCUT2D eigenvalue weighted by Gasteiger charge is 2.42. The topological polar surface area (TPSA) is 187 Å². The minimum atomic E-state index is -1.44. The molecule has 0 aliphatic rings. The van der Waals surface area contributed by atoms with Crippen LogP contribution in [0.1, 0.15) is 48.1 Å². The maximum Gasteiger partial charge on any atom is 0.426 e. The van der Waals surface area contributed by atoms with Gasteiger partial charge in [0.2, 0.25) is 5.91 Å². The summed E-state index contributed by atoms with van der Waals surface area (Å²) in [4.78, 5) is 63.5. The number of imide groups is 3. The molecule has 0 aromatic heterocycles. The number of benzene rings is 5. The number of nitrogens with two attached hydrogens (primary N) is 2. The van der Waals surface area contributed by atoms with Crippen LogP contribution >= 0.6 is 0 Å². The summed E-state index contributed by atoms with van der Waals surface area (Å²) in [5, 5.41) is 10.1. The Hall–Kier alpha value is -7.15. The van der Waals surface area contributed by atoms with Crippen molar-refractivity contribution in [2.24, 2.45) is 16.5 Å². The smallest absolute Gasteiger partial charge is 0.426 e. The number of nitrogens with zero attached hydrogens (tertiary/aromatic N) is 3. The molecule has 0 aliphatic heterocycles. The van der Waals surface area contributed by atoms with E-state index in [2.05, 4.69) is 4.99 Å². The molecule has 5 N–H and O–H groups in total. The van der Waals surface area contributed by atoms with Crippen molar-refractivity contribution in [3.8, 4) is 22.6 Å². The number of guanidine groups is 1. The van der Waals surface area contributed by atoms with E-state index in [9.17, 15) is 19.5 Å². The van der Waals surface area contributed by atoms with Crippen molar-refractivity contribution < 1.29 is 38.5 Å². The Morgan fingerprint density at radius 1 is 0.724 bits per heavy atom. The molecule has 4 amide bonds. The lowest BCUT2D eigenvalue weighted by molar-refractivity contribution is -0.146. The first-order chi connectivity index (χ1) is 28.0. The normalized spacial score (nSPS) is 11.7. The first-order valence-corrected chi connectivity index (χ1v) is 18.7. The Balaban J connectivity index is 1.57. The van der Waals surface area contributed by atoms with Gasteiger partial charge in [-0.2, -0.15) is 0 Å². The van der Waals surface area contributed by atoms with Crippen LogP contribution in [0.5, 0.6) is 11.5 Å². The molecule has 0 unspecified atom stereocenters. The zero-order valence-corrected chi connectivity index (χ0v) is 32.4. The lowest BCUT2D eigenvalue weighted by Crippen LogP contribution is -2.55. The van der Waals surface area contributed by atoms with Gasteiger partial charge in [-0.1, -0.05) is 109 Å². The quantitative estimate of drug-likeness (QED) is 0.0528. The van der Waals surface area contributed by atoms with Gasteiger partial charge >= 0.3 is 12.2 Å². The van der Waals surface area contributed by atoms with Crippen LogP contribution in [-0.2, 0) is 38.7 Å². The van der Waals surface area contributed by atoms with Crippen LogP contribution in [0.25, 0.3) is 11.1 Å². The molecule has 2 atom stereocenters. The first kappa shape index (κ1) is 42.0. The van der Waals surface area contributed by atoms with Crippen LogP contribution in [0.2, 0.25) is 0 Å². The summed E-state index contributed by atoms with van der Waals surface area (Å²) in [6, 6.07) is 36.3. The number of hydrogen-bond acceptors (Lipinski definition) is 9. The van der Waals surface area contributed by atoms with Gasteiger partial charge in [-0.05, 0) is 77.4 Å². The molecule has 13 nitrogen and oxygen atoms in total. The van der Waals surface area contributed by atoms with E-state index in [4.69, 9.17) is 25.7 Å². The molecule has 5 rings (SSSR count). The Morgan fingerprint density at radius 3 is 1.83 bits per heavy atom. The summed E-state index contributed by atoms with van der Waals surface area (Å²) in [6.45, 7) is 1.30. The molecule has 0 bridgehead atoms. The predicted molar refractivity (Wildman–Crippen MR) is 219 cm³/mol. The van der Waals surface area contributed by atoms with Crippen LogP contribution in [0.15, 0.2) is 138 Å². The third-order valence-corrected chi connectivity index (χ3v) is 9.39. The molecular weight excluding hydrogens is 739 g/mol. The Kier molecular flexibility index (Phi) is 15.0. The van der Waals surface area contributed by atoms with Gasteiger partial charge in [-0.3, -0.25) is 14.6 Å². The van der Waals surface area contributed by atoms with Crippen molar-refractivity contribution >= 4 is 30.0 Å². The van der Waals surface area contributed by atoms with E-state index in [1.165, 1.54) is 17.0 Å². The van der Waals surface area contributed by atoms with Gasteiger partial charge in [-0.15, -0.1) is 4.90 Å². The van der Waals surface area contributed by atoms with Gasteiger partial charge in [0.05, 0.1) is 19.6 Å². The highest BCUT2D eigenvalue weighted by Crippen LogP contribution is 2.31. The minimum absolute atomic E-state index is 0.000560. The minimum Gasteiger partial charge on any atom is -0.508 e. The first-order valence-electron chi connectivity index (χ1n) is 18.7. The monoisotopic (exact) mass is 785 g/mol. The van der Waals surface area contributed by atoms with Crippen LogP contribution in [0, 0.1) is 0 Å². The van der Waals surface area contributed by atoms with E-state index in [1.54, 1.807) is 86.8 Å². The average molecular weight is 786 g/mol. The molecule has 0 heterocycles. The van der Waals surface area contributed by atoms with Crippen molar-refractivity contribution in [1.29, 1.82) is 0 Å². The second-order valence-electron chi connectivity index (χ2n) is 13.3. The summed E-state index contributed by atoms with van der Waals surface area (Å²) >= 11 is 0. The number of carbonyl (C=O) groups excluding carboxylic acids is 4. The molecule has 0 radical (unpaired) electrons. The Morgan fingerprint density at radius 2 is 1.28 bits per heavy atom. The molecular formula is C45H47N5O8. The molecule has 0 aliphatic carbocycles. The fourth-order valence-corrected chi connectivity index (χ4v) is 6.40. The zero-order chi connectivity index (χ0) is 41.4. The summed E-state index contributed by atoms with van der Waals surface area (Å²) in [7, 11) is 1.58. The van der Waals surface area contributed by atoms with E-state index in [1.807, 2.05) is 48.5 Å². The molecule has 0 saturated carbocycles. The number of ether oxygens (including phenoxy) is 3. The summed E-state index contributed by atoms with van der Waals surface area (Å²) in [6.07, 6.45) is -2.63. The number of methoxy groups -OCH3 is 1. The van der Waals surface area contributed by atoms with E-state index in [0.29, 0.717) is 32.9 Å². The van der Waals surface area contributed by atoms with E-state index < -0.39 is 36.1 Å². The second-order valence-corrected chi connectivity index (χ2v) is 13.3. The maximum absolute atomic E-state index is 15.0. The van der Waals surface area contributed by atoms with Crippen LogP contribution in [0.4, 0.5) is 9.59 Å². The summed E-state index contributed by atoms with van der Waals surface area (Å²) < 4.78 is 16.4. The van der Waals surface area contributed by atoms with Gasteiger partial charge < -0.3 is 35.7 Å². The SMILES string of the molecule is COc1ccc(-c2ccccc2CC(=O)N([C@H](CCCN=C(N)N)C(=O)N(C(=O)OCc2ccccc2)C(=O)OCc2ccccc2)[C@@H](C)c2ccc(O)cc2)cc1. The number of amides is 4. The lowest BCUT2D eigenvalue weighted by atomic mass is 9.95. The predicted octanol–water partition coefficient (Wildman–Crippen LogP) is 7.12. The number of aromatic hydroxyl groups is 1. The fourth-order valence-electron chi connectivity index (χ4n) is 6.40. The van der Waals surface area contributed by atoms with Gasteiger partial charge in [0.15, 0.2) is 5.96 Å². The molecule has 58 heavy (non-hydrogen) atoms. The van der Waals surface area contributed by atoms with E-state index in [-0.39, 0.29) is 50.7 Å². The molecule has 0 saturated heterocycles. The Bertz CT molecular complexity index is 2100. The van der Waals surface area contributed by atoms with Crippen LogP contribution in [0.3, 0.4) is 0 Å². The Labute approximate surface area is 337 Å². The molecule has 5 aromatic rings. The van der Waals surface area contributed by atoms with Crippen LogP contribution in [-0.4, -0.2) is 64.6 Å². The van der Waals surface area contributed by atoms with Crippen molar-refractivity contribution in [2.45, 2.75) is 51.5 Å². The highest BCUT2D eigenvalue weighted by molar-refractivity contribution is 6.09. The van der Waals surface area contributed by atoms with Crippen LogP contribution < -0.4 is 16.2 Å². The van der Waals surface area contributed by atoms with Gasteiger partial charge in [0.1, 0.15) is 30.8 Å². The summed E-state index contributed by atoms with van der Waals surface area (Å²) in [5.41, 5.74) is 15.3. The summed E-state index contributed by atoms with van der Waals surface area (Å²) in [5.74, 6) is -1.04. The number of phenolic OH excluding ortho intramolecular Hbond substituents is 1. The van der Waals surface area contributed by atoms with Crippen molar-refractivity contribution in [1.82, 2.24) is 9.80 Å². The number of hydrogen-bond donors (Lipinski definition) is 3. The molecule has 5 aromatic carbocycles. The third-order valence-electron chi connectivity index (χ3n) is 9.39. The largest absolute Gasteiger partial charge is 0.508 e. The zero-order valence-electron chi connectivity index (χ0n) is 32.4. The highest BCUT2D eigenvalue weighted by atomic mass is 16.6. The van der Waals surface area contributed by atoms with Gasteiger partial charge in [0.25, 0.3) is 5.91 Å². The average Bonchev–Trinajstić information content (AvgIpc) is 3.24. The number of carbonyl (C=O) groups is 4. The number of phenols is 1. The number of rotatable bonds is 16. The molecule has 300 valence electrons. The van der Waals surface area contributed by atoms with Crippen molar-refractivity contribution in [3.05, 3.63) is 156 Å². The van der Waals surface area contributed by atoms with Crippen molar-refractivity contribution in [2.75, 3.05) is 13.7 Å². The lowest BCUT2D eigenvalue weighted by Gasteiger charge is -2.37. The molecule has 13 heteroatoms. The maximum atomic E-state index is 15.0. The second kappa shape index (κ2) is 20.7. The molecule has 0 spiro atoms. The van der Waals surface area contributed by atoms with Crippen molar-refractivity contribution in [3.63, 3.8) is 0 Å².